The quantitative estimate of drug-likeness (QED) is 0.487. The van der Waals surface area contributed by atoms with Crippen molar-refractivity contribution in [3.8, 4) is 17.2 Å². The molecule has 2 aromatic heterocycles. The number of nitrogens with zero attached hydrogens (tertiary/aromatic N) is 7. The zero-order valence-electron chi connectivity index (χ0n) is 18.9. The van der Waals surface area contributed by atoms with Gasteiger partial charge in [0.2, 0.25) is 5.82 Å². The molecule has 1 saturated heterocycles. The summed E-state index contributed by atoms with van der Waals surface area (Å²) in [5.74, 6) is -1.61. The van der Waals surface area contributed by atoms with Gasteiger partial charge in [0.15, 0.2) is 5.69 Å². The van der Waals surface area contributed by atoms with Crippen molar-refractivity contribution in [3.63, 3.8) is 0 Å². The highest BCUT2D eigenvalue weighted by atomic mass is 19.1. The van der Waals surface area contributed by atoms with Crippen molar-refractivity contribution in [1.29, 1.82) is 0 Å². The predicted molar refractivity (Wildman–Crippen MR) is 119 cm³/mol. The van der Waals surface area contributed by atoms with Gasteiger partial charge in [-0.05, 0) is 38.2 Å². The van der Waals surface area contributed by atoms with Crippen LogP contribution in [-0.2, 0) is 6.54 Å². The van der Waals surface area contributed by atoms with E-state index in [0.29, 0.717) is 13.1 Å². The Hall–Kier alpha value is -3.71. The first-order valence-electron chi connectivity index (χ1n) is 10.9. The molecule has 180 valence electrons. The molecule has 3 aromatic rings. The van der Waals surface area contributed by atoms with Crippen molar-refractivity contribution in [2.75, 3.05) is 46.3 Å². The van der Waals surface area contributed by atoms with Crippen LogP contribution in [0.25, 0.3) is 17.2 Å². The molecule has 12 nitrogen and oxygen atoms in total. The van der Waals surface area contributed by atoms with Gasteiger partial charge in [-0.1, -0.05) is 5.16 Å². The molecule has 1 aromatic carbocycles. The summed E-state index contributed by atoms with van der Waals surface area (Å²) in [7, 11) is 2.07. The summed E-state index contributed by atoms with van der Waals surface area (Å²) in [6.07, 6.45) is 0. The molecule has 0 spiro atoms. The molecule has 1 amide bonds. The summed E-state index contributed by atoms with van der Waals surface area (Å²) >= 11 is 0. The molecule has 4 rings (SSSR count). The number of nitrogens with one attached hydrogen (secondary N) is 1. The average Bonchev–Trinajstić information content (AvgIpc) is 3.32. The topological polar surface area (TPSA) is 131 Å². The first kappa shape index (κ1) is 23.4. The second-order valence-corrected chi connectivity index (χ2v) is 7.89. The van der Waals surface area contributed by atoms with Crippen molar-refractivity contribution < 1.29 is 13.7 Å². The molecular weight excluding hydrogens is 447 g/mol. The van der Waals surface area contributed by atoms with Gasteiger partial charge in [0, 0.05) is 45.8 Å². The van der Waals surface area contributed by atoms with Crippen LogP contribution in [0.4, 0.5) is 4.39 Å². The lowest BCUT2D eigenvalue weighted by Gasteiger charge is -2.32. The summed E-state index contributed by atoms with van der Waals surface area (Å²) < 4.78 is 20.2. The third-order valence-corrected chi connectivity index (χ3v) is 5.59. The Bertz CT molecular complexity index is 1280. The standard InChI is InChI=1S/C21H25FN8O4/c1-3-29-20(32)16(25-30(21(29)33)15-6-4-14(22)5-7-15)17-24-19(34-26-17)18(31)23-8-9-28-12-10-27(2)11-13-28/h4-7H,3,8-13H2,1-2H3,(H,23,31). The summed E-state index contributed by atoms with van der Waals surface area (Å²) in [6.45, 7) is 6.57. The normalized spacial score (nSPS) is 14.9. The molecule has 1 fully saturated rings. The minimum atomic E-state index is -0.728. The van der Waals surface area contributed by atoms with Gasteiger partial charge in [0.25, 0.3) is 5.56 Å². The van der Waals surface area contributed by atoms with E-state index in [2.05, 4.69) is 37.4 Å². The van der Waals surface area contributed by atoms with Gasteiger partial charge in [0.1, 0.15) is 5.82 Å². The van der Waals surface area contributed by atoms with Crippen LogP contribution in [0.5, 0.6) is 0 Å². The molecule has 3 heterocycles. The second-order valence-electron chi connectivity index (χ2n) is 7.89. The Labute approximate surface area is 193 Å². The highest BCUT2D eigenvalue weighted by Gasteiger charge is 2.22. The van der Waals surface area contributed by atoms with E-state index < -0.39 is 23.0 Å². The Kier molecular flexibility index (Phi) is 6.93. The minimum absolute atomic E-state index is 0.0614. The molecule has 1 N–H and O–H groups in total. The minimum Gasteiger partial charge on any atom is -0.347 e. The number of carbonyl (C=O) groups is 1. The number of hydrogen-bond acceptors (Lipinski definition) is 9. The molecule has 0 aliphatic carbocycles. The highest BCUT2D eigenvalue weighted by Crippen LogP contribution is 2.11. The van der Waals surface area contributed by atoms with E-state index >= 15 is 0 Å². The van der Waals surface area contributed by atoms with Crippen molar-refractivity contribution >= 4 is 5.91 Å². The Morgan fingerprint density at radius 3 is 2.53 bits per heavy atom. The van der Waals surface area contributed by atoms with E-state index in [9.17, 15) is 18.8 Å². The second kappa shape index (κ2) is 10.1. The van der Waals surface area contributed by atoms with Gasteiger partial charge in [-0.2, -0.15) is 14.8 Å². The first-order chi connectivity index (χ1) is 16.4. The number of rotatable bonds is 7. The van der Waals surface area contributed by atoms with Crippen molar-refractivity contribution in [2.24, 2.45) is 0 Å². The van der Waals surface area contributed by atoms with Crippen LogP contribution in [-0.4, -0.2) is 86.5 Å². The predicted octanol–water partition coefficient (Wildman–Crippen LogP) is -0.420. The van der Waals surface area contributed by atoms with Crippen molar-refractivity contribution in [1.82, 2.24) is 39.6 Å². The Balaban J connectivity index is 1.53. The van der Waals surface area contributed by atoms with Crippen LogP contribution in [0.2, 0.25) is 0 Å². The monoisotopic (exact) mass is 472 g/mol. The smallest absolute Gasteiger partial charge is 0.347 e. The molecular formula is C21H25FN8O4. The zero-order valence-corrected chi connectivity index (χ0v) is 18.9. The first-order valence-corrected chi connectivity index (χ1v) is 10.9. The molecule has 0 radical (unpaired) electrons. The van der Waals surface area contributed by atoms with Crippen LogP contribution >= 0.6 is 0 Å². The van der Waals surface area contributed by atoms with Crippen LogP contribution < -0.4 is 16.6 Å². The van der Waals surface area contributed by atoms with Gasteiger partial charge < -0.3 is 14.7 Å². The number of halogens is 1. The van der Waals surface area contributed by atoms with Gasteiger partial charge >= 0.3 is 17.5 Å². The number of hydrogen-bond donors (Lipinski definition) is 1. The lowest BCUT2D eigenvalue weighted by Crippen LogP contribution is -2.46. The van der Waals surface area contributed by atoms with Crippen molar-refractivity contribution in [3.05, 3.63) is 56.8 Å². The zero-order chi connectivity index (χ0) is 24.2. The third kappa shape index (κ3) is 4.94. The Morgan fingerprint density at radius 1 is 1.15 bits per heavy atom. The number of benzene rings is 1. The number of piperazine rings is 1. The summed E-state index contributed by atoms with van der Waals surface area (Å²) in [5.41, 5.74) is -1.45. The average molecular weight is 472 g/mol. The lowest BCUT2D eigenvalue weighted by atomic mass is 10.3. The Morgan fingerprint density at radius 2 is 1.85 bits per heavy atom. The molecule has 13 heteroatoms. The fourth-order valence-corrected chi connectivity index (χ4v) is 3.57. The maximum absolute atomic E-state index is 13.3. The van der Waals surface area contributed by atoms with Gasteiger partial charge in [-0.15, -0.1) is 0 Å². The van der Waals surface area contributed by atoms with Gasteiger partial charge in [0.05, 0.1) is 5.69 Å². The van der Waals surface area contributed by atoms with Crippen LogP contribution in [0.1, 0.15) is 17.6 Å². The third-order valence-electron chi connectivity index (χ3n) is 5.59. The fourth-order valence-electron chi connectivity index (χ4n) is 3.57. The van der Waals surface area contributed by atoms with Gasteiger partial charge in [-0.25, -0.2) is 9.18 Å². The summed E-state index contributed by atoms with van der Waals surface area (Å²) in [4.78, 5) is 46.4. The SMILES string of the molecule is CCn1c(=O)c(-c2noc(C(=O)NCCN3CCN(C)CC3)n2)nn(-c2ccc(F)cc2)c1=O. The van der Waals surface area contributed by atoms with Crippen molar-refractivity contribution in [2.45, 2.75) is 13.5 Å². The summed E-state index contributed by atoms with van der Waals surface area (Å²) in [6, 6.07) is 5.05. The van der Waals surface area contributed by atoms with E-state index in [0.717, 1.165) is 35.4 Å². The number of amides is 1. The number of aromatic nitrogens is 5. The maximum Gasteiger partial charge on any atom is 0.352 e. The van der Waals surface area contributed by atoms with E-state index in [1.807, 2.05) is 0 Å². The summed E-state index contributed by atoms with van der Waals surface area (Å²) in [5, 5.41) is 10.5. The van der Waals surface area contributed by atoms with E-state index in [1.54, 1.807) is 6.92 Å². The number of carbonyl (C=O) groups excluding carboxylic acids is 1. The molecule has 0 saturated carbocycles. The number of likely N-dealkylation sites (N-methyl/N-ethyl adjacent to an activating group) is 1. The van der Waals surface area contributed by atoms with Gasteiger partial charge in [-0.3, -0.25) is 19.1 Å². The van der Waals surface area contributed by atoms with E-state index in [1.165, 1.54) is 24.3 Å². The lowest BCUT2D eigenvalue weighted by molar-refractivity contribution is 0.0897. The van der Waals surface area contributed by atoms with E-state index in [4.69, 9.17) is 4.52 Å². The fraction of sp³-hybridized carbons (Fsp3) is 0.429. The molecule has 0 unspecified atom stereocenters. The molecule has 34 heavy (non-hydrogen) atoms. The van der Waals surface area contributed by atoms with E-state index in [-0.39, 0.29) is 29.6 Å². The maximum atomic E-state index is 13.3. The molecule has 0 bridgehead atoms. The molecule has 0 atom stereocenters. The molecule has 1 aliphatic heterocycles. The molecule has 1 aliphatic rings. The highest BCUT2D eigenvalue weighted by molar-refractivity contribution is 5.89. The van der Waals surface area contributed by atoms with Crippen LogP contribution in [0, 0.1) is 5.82 Å². The largest absolute Gasteiger partial charge is 0.352 e. The van der Waals surface area contributed by atoms with Crippen LogP contribution in [0.15, 0.2) is 38.4 Å². The van der Waals surface area contributed by atoms with Crippen LogP contribution in [0.3, 0.4) is 0 Å².